The molecule has 9 nitrogen and oxygen atoms in total. The Morgan fingerprint density at radius 3 is 2.72 bits per heavy atom. The topological polar surface area (TPSA) is 127 Å². The summed E-state index contributed by atoms with van der Waals surface area (Å²) in [4.78, 5) is 32.9. The van der Waals surface area contributed by atoms with Crippen LogP contribution in [-0.4, -0.2) is 51.9 Å². The Hall–Kier alpha value is -2.69. The number of fused-ring (bicyclic) bond motifs is 1. The highest BCUT2D eigenvalue weighted by Gasteiger charge is 2.52. The van der Waals surface area contributed by atoms with E-state index in [0.717, 1.165) is 19.3 Å². The first-order valence-corrected chi connectivity index (χ1v) is 14.4. The van der Waals surface area contributed by atoms with Crippen LogP contribution in [0.3, 0.4) is 0 Å². The van der Waals surface area contributed by atoms with Gasteiger partial charge in [-0.3, -0.25) is 4.79 Å². The van der Waals surface area contributed by atoms with Gasteiger partial charge in [-0.25, -0.2) is 9.78 Å². The molecule has 2 aromatic heterocycles. The van der Waals surface area contributed by atoms with Gasteiger partial charge in [-0.05, 0) is 58.8 Å². The van der Waals surface area contributed by atoms with Crippen LogP contribution in [0.5, 0.6) is 0 Å². The summed E-state index contributed by atoms with van der Waals surface area (Å²) in [5, 5.41) is 12.8. The predicted molar refractivity (Wildman–Crippen MR) is 150 cm³/mol. The maximum Gasteiger partial charge on any atom is 0.340 e. The molecule has 0 amide bonds. The van der Waals surface area contributed by atoms with Crippen LogP contribution >= 0.6 is 15.9 Å². The van der Waals surface area contributed by atoms with E-state index < -0.39 is 11.8 Å². The van der Waals surface area contributed by atoms with Crippen molar-refractivity contribution in [1.29, 1.82) is 0 Å². The van der Waals surface area contributed by atoms with Crippen LogP contribution in [0.25, 0.3) is 11.1 Å². The van der Waals surface area contributed by atoms with Crippen molar-refractivity contribution in [2.75, 3.05) is 12.4 Å². The summed E-state index contributed by atoms with van der Waals surface area (Å²) in [7, 11) is 1.67. The minimum Gasteiger partial charge on any atom is -0.478 e. The molecule has 210 valence electrons. The average Bonchev–Trinajstić information content (AvgIpc) is 3.56. The Balaban J connectivity index is 1.40. The monoisotopic (exact) mass is 601 g/mol. The average molecular weight is 603 g/mol. The van der Waals surface area contributed by atoms with Crippen LogP contribution in [0.4, 0.5) is 5.69 Å². The molecule has 2 aliphatic rings. The van der Waals surface area contributed by atoms with Gasteiger partial charge in [0.15, 0.2) is 23.0 Å². The van der Waals surface area contributed by atoms with Gasteiger partial charge >= 0.3 is 5.97 Å². The highest BCUT2D eigenvalue weighted by atomic mass is 79.9. The molecule has 10 heteroatoms. The molecule has 3 aromatic rings. The first kappa shape index (κ1) is 27.9. The normalized spacial score (nSPS) is 29.9. The van der Waals surface area contributed by atoms with Gasteiger partial charge < -0.3 is 29.3 Å². The molecule has 0 saturated carbocycles. The van der Waals surface area contributed by atoms with Crippen molar-refractivity contribution in [3.8, 4) is 0 Å². The molecular formula is C29H36BrN3O6. The number of H-pyrrole nitrogens is 1. The number of aromatic nitrogens is 2. The third-order valence-corrected chi connectivity index (χ3v) is 9.22. The van der Waals surface area contributed by atoms with Crippen molar-refractivity contribution in [3.05, 3.63) is 46.0 Å². The molecular weight excluding hydrogens is 566 g/mol. The van der Waals surface area contributed by atoms with Crippen molar-refractivity contribution in [3.63, 3.8) is 0 Å². The quantitative estimate of drug-likeness (QED) is 0.269. The number of carboxylic acid groups (broad SMARTS) is 1. The Kier molecular flexibility index (Phi) is 7.65. The maximum atomic E-state index is 13.2. The van der Waals surface area contributed by atoms with Gasteiger partial charge in [0.05, 0.1) is 30.0 Å². The van der Waals surface area contributed by atoms with E-state index in [1.807, 2.05) is 13.0 Å². The third-order valence-electron chi connectivity index (χ3n) is 8.60. The van der Waals surface area contributed by atoms with Gasteiger partial charge in [0.25, 0.3) is 0 Å². The molecule has 39 heavy (non-hydrogen) atoms. The Morgan fingerprint density at radius 2 is 2.05 bits per heavy atom. The number of carbonyl (C=O) groups is 2. The first-order chi connectivity index (χ1) is 18.5. The number of hydrogen-bond acceptors (Lipinski definition) is 7. The Morgan fingerprint density at radius 1 is 1.28 bits per heavy atom. The molecule has 4 heterocycles. The summed E-state index contributed by atoms with van der Waals surface area (Å²) in [6.07, 6.45) is 4.16. The van der Waals surface area contributed by atoms with E-state index in [1.165, 1.54) is 0 Å². The summed E-state index contributed by atoms with van der Waals surface area (Å²) >= 11 is 3.43. The second-order valence-electron chi connectivity index (χ2n) is 11.2. The smallest absolute Gasteiger partial charge is 0.340 e. The number of ether oxygens (including phenoxy) is 2. The van der Waals surface area contributed by atoms with E-state index in [2.05, 4.69) is 52.0 Å². The molecule has 3 N–H and O–H groups in total. The molecule has 2 saturated heterocycles. The largest absolute Gasteiger partial charge is 0.478 e. The molecule has 7 atom stereocenters. The number of ketones is 1. The summed E-state index contributed by atoms with van der Waals surface area (Å²) in [6, 6.07) is 5.36. The van der Waals surface area contributed by atoms with Crippen LogP contribution in [0.15, 0.2) is 33.3 Å². The number of carboxylic acids is 1. The van der Waals surface area contributed by atoms with E-state index in [0.29, 0.717) is 39.3 Å². The number of anilines is 1. The van der Waals surface area contributed by atoms with Gasteiger partial charge in [-0.15, -0.1) is 0 Å². The lowest BCUT2D eigenvalue weighted by Gasteiger charge is -2.53. The lowest BCUT2D eigenvalue weighted by Crippen LogP contribution is -2.58. The van der Waals surface area contributed by atoms with Crippen LogP contribution in [0.2, 0.25) is 0 Å². The maximum absolute atomic E-state index is 13.2. The molecule has 5 rings (SSSR count). The van der Waals surface area contributed by atoms with Gasteiger partial charge in [0.2, 0.25) is 0 Å². The van der Waals surface area contributed by atoms with Gasteiger partial charge in [0.1, 0.15) is 11.1 Å². The van der Waals surface area contributed by atoms with E-state index in [9.17, 15) is 14.7 Å². The Labute approximate surface area is 236 Å². The van der Waals surface area contributed by atoms with E-state index in [-0.39, 0.29) is 47.2 Å². The standard InChI is InChI=1S/C29H36BrN3O6/c1-14-8-9-29(16(3)11-15(2)27(39-29)17(4)26(34)19-7-6-10-32-19)38-20(14)13-22-33-25-21(37-22)12-18(30)24(31-5)23(25)28(35)36/h6-7,10,12,14-17,20,27,31-32H,8-9,11,13H2,1-5H3,(H,35,36)/t14-,15-,16-,17-,20-,27+,29+/m1/s1. The molecule has 1 spiro atoms. The van der Waals surface area contributed by atoms with Crippen molar-refractivity contribution in [1.82, 2.24) is 9.97 Å². The fourth-order valence-corrected chi connectivity index (χ4v) is 6.94. The molecule has 2 fully saturated rings. The van der Waals surface area contributed by atoms with Crippen LogP contribution in [0, 0.1) is 23.7 Å². The molecule has 0 aliphatic carbocycles. The summed E-state index contributed by atoms with van der Waals surface area (Å²) < 4.78 is 20.2. The minimum absolute atomic E-state index is 0.0371. The zero-order chi connectivity index (χ0) is 28.1. The van der Waals surface area contributed by atoms with E-state index >= 15 is 0 Å². The first-order valence-electron chi connectivity index (χ1n) is 13.6. The number of aromatic carboxylic acids is 1. The SMILES string of the molecule is CNc1c(Br)cc2oc(C[C@H]3O[C@@]4(CC[C@H]3C)O[C@H]([C@H](C)C(=O)c3ccc[nH]3)[C@H](C)C[C@H]4C)nc2c1C(=O)O. The number of hydrogen-bond donors (Lipinski definition) is 3. The van der Waals surface area contributed by atoms with Crippen molar-refractivity contribution in [2.45, 2.75) is 71.4 Å². The van der Waals surface area contributed by atoms with E-state index in [4.69, 9.17) is 13.9 Å². The third kappa shape index (κ3) is 5.02. The Bertz CT molecular complexity index is 1370. The molecule has 1 aromatic carbocycles. The van der Waals surface area contributed by atoms with Gasteiger partial charge in [-0.1, -0.05) is 27.7 Å². The van der Waals surface area contributed by atoms with Crippen LogP contribution < -0.4 is 5.32 Å². The highest BCUT2D eigenvalue weighted by Crippen LogP contribution is 2.48. The van der Waals surface area contributed by atoms with Crippen LogP contribution in [-0.2, 0) is 15.9 Å². The highest BCUT2D eigenvalue weighted by molar-refractivity contribution is 9.10. The summed E-state index contributed by atoms with van der Waals surface area (Å²) in [6.45, 7) is 8.38. The zero-order valence-corrected chi connectivity index (χ0v) is 24.5. The second kappa shape index (κ2) is 10.7. The molecule has 2 aliphatic heterocycles. The molecule has 0 bridgehead atoms. The number of aromatic amines is 1. The lowest BCUT2D eigenvalue weighted by molar-refractivity contribution is -0.355. The van der Waals surface area contributed by atoms with Gasteiger partial charge in [-0.2, -0.15) is 0 Å². The molecule has 0 unspecified atom stereocenters. The van der Waals surface area contributed by atoms with Crippen molar-refractivity contribution >= 4 is 44.5 Å². The predicted octanol–water partition coefficient (Wildman–Crippen LogP) is 6.29. The van der Waals surface area contributed by atoms with E-state index in [1.54, 1.807) is 25.4 Å². The zero-order valence-electron chi connectivity index (χ0n) is 22.9. The van der Waals surface area contributed by atoms with Crippen LogP contribution in [0.1, 0.15) is 73.7 Å². The number of halogens is 1. The number of nitrogens with one attached hydrogen (secondary N) is 2. The molecule has 0 radical (unpaired) electrons. The van der Waals surface area contributed by atoms with Crippen molar-refractivity contribution < 1.29 is 28.6 Å². The number of benzene rings is 1. The number of oxazole rings is 1. The number of rotatable bonds is 7. The number of Topliss-reactive ketones (excluding diaryl/α,β-unsaturated/α-hetero) is 1. The number of carbonyl (C=O) groups excluding carboxylic acids is 1. The van der Waals surface area contributed by atoms with Crippen molar-refractivity contribution in [2.24, 2.45) is 23.7 Å². The second-order valence-corrected chi connectivity index (χ2v) is 12.1. The fourth-order valence-electron chi connectivity index (χ4n) is 6.34. The fraction of sp³-hybridized carbons (Fsp3) is 0.552. The summed E-state index contributed by atoms with van der Waals surface area (Å²) in [5.74, 6) is -1.19. The number of nitrogens with zero attached hydrogens (tertiary/aromatic N) is 1. The minimum atomic E-state index is -1.08. The lowest BCUT2D eigenvalue weighted by atomic mass is 9.75. The van der Waals surface area contributed by atoms with Gasteiger partial charge in [0, 0.05) is 36.0 Å². The summed E-state index contributed by atoms with van der Waals surface area (Å²) in [5.41, 5.74) is 1.80.